The van der Waals surface area contributed by atoms with Crippen molar-refractivity contribution >= 4 is 11.7 Å². The third-order valence-corrected chi connectivity index (χ3v) is 5.57. The van der Waals surface area contributed by atoms with Crippen LogP contribution in [0.25, 0.3) is 11.5 Å². The molecule has 0 saturated heterocycles. The Balaban J connectivity index is 1.57. The maximum absolute atomic E-state index is 14.1. The molecule has 2 aromatic heterocycles. The molecule has 1 aliphatic heterocycles. The van der Waals surface area contributed by atoms with E-state index in [1.165, 1.54) is 6.07 Å². The van der Waals surface area contributed by atoms with Gasteiger partial charge in [-0.15, -0.1) is 10.2 Å². The molecule has 5 rings (SSSR count). The average Bonchev–Trinajstić information content (AvgIpc) is 3.32. The lowest BCUT2D eigenvalue weighted by molar-refractivity contribution is -0.119. The normalized spacial score (nSPS) is 16.8. The van der Waals surface area contributed by atoms with Crippen LogP contribution in [0.2, 0.25) is 0 Å². The van der Waals surface area contributed by atoms with E-state index in [2.05, 4.69) is 20.5 Å². The number of carbonyl (C=O) groups excluding carboxylic acids is 1. The molecule has 0 atom stereocenters. The average molecular weight is 378 g/mol. The minimum atomic E-state index is -0.750. The van der Waals surface area contributed by atoms with Gasteiger partial charge in [0.15, 0.2) is 5.82 Å². The van der Waals surface area contributed by atoms with Gasteiger partial charge in [0.25, 0.3) is 0 Å². The van der Waals surface area contributed by atoms with Crippen LogP contribution in [0.5, 0.6) is 0 Å². The molecule has 8 heteroatoms. The smallest absolute Gasteiger partial charge is 0.237 e. The third-order valence-electron chi connectivity index (χ3n) is 5.57. The summed E-state index contributed by atoms with van der Waals surface area (Å²) in [6.45, 7) is 3.95. The molecular weight excluding hydrogens is 359 g/mol. The second-order valence-corrected chi connectivity index (χ2v) is 7.79. The van der Waals surface area contributed by atoms with Gasteiger partial charge in [0.1, 0.15) is 17.2 Å². The highest BCUT2D eigenvalue weighted by Crippen LogP contribution is 2.36. The molecule has 7 nitrogen and oxygen atoms in total. The van der Waals surface area contributed by atoms with Crippen molar-refractivity contribution in [2.24, 2.45) is 0 Å². The van der Waals surface area contributed by atoms with Crippen LogP contribution < -0.4 is 5.32 Å². The maximum atomic E-state index is 14.1. The van der Waals surface area contributed by atoms with E-state index in [0.29, 0.717) is 35.1 Å². The number of fused-ring (bicyclic) bond motifs is 2. The van der Waals surface area contributed by atoms with Crippen LogP contribution in [-0.2, 0) is 29.6 Å². The summed E-state index contributed by atoms with van der Waals surface area (Å²) >= 11 is 0. The third kappa shape index (κ3) is 2.44. The molecule has 3 heterocycles. The number of hydrogen-bond acceptors (Lipinski definition) is 5. The van der Waals surface area contributed by atoms with E-state index in [4.69, 9.17) is 5.10 Å². The molecule has 1 aliphatic carbocycles. The van der Waals surface area contributed by atoms with E-state index >= 15 is 0 Å². The first-order valence-electron chi connectivity index (χ1n) is 9.34. The molecule has 0 spiro atoms. The van der Waals surface area contributed by atoms with Gasteiger partial charge in [0.05, 0.1) is 12.0 Å². The second-order valence-electron chi connectivity index (χ2n) is 7.79. The van der Waals surface area contributed by atoms with Crippen molar-refractivity contribution in [2.75, 3.05) is 5.32 Å². The number of carbonyl (C=O) groups is 1. The number of amides is 1. The zero-order valence-electron chi connectivity index (χ0n) is 15.7. The summed E-state index contributed by atoms with van der Waals surface area (Å²) < 4.78 is 15.9. The molecule has 1 aromatic carbocycles. The van der Waals surface area contributed by atoms with Crippen molar-refractivity contribution in [1.29, 1.82) is 0 Å². The Bertz CT molecular complexity index is 1120. The molecule has 1 amide bonds. The van der Waals surface area contributed by atoms with E-state index in [1.807, 2.05) is 10.7 Å². The lowest BCUT2D eigenvalue weighted by atomic mass is 9.91. The topological polar surface area (TPSA) is 85.6 Å². The van der Waals surface area contributed by atoms with Crippen LogP contribution in [0.4, 0.5) is 10.2 Å². The number of hydrogen-bond donors (Lipinski definition) is 1. The summed E-state index contributed by atoms with van der Waals surface area (Å²) in [5.74, 6) is 0.445. The molecule has 2 aliphatic rings. The SMILES string of the molecule is CC1(C)C(=O)Nc2nc(-c3nn(Cc4ccccc4F)c4c3CCC4)nnc21. The first kappa shape index (κ1) is 17.0. The lowest BCUT2D eigenvalue weighted by Gasteiger charge is -2.12. The minimum absolute atomic E-state index is 0.142. The van der Waals surface area contributed by atoms with Gasteiger partial charge in [-0.3, -0.25) is 9.48 Å². The highest BCUT2D eigenvalue weighted by molar-refractivity contribution is 6.03. The Kier molecular flexibility index (Phi) is 3.59. The number of nitrogens with one attached hydrogen (secondary N) is 1. The van der Waals surface area contributed by atoms with Crippen LogP contribution in [0.15, 0.2) is 24.3 Å². The molecule has 0 radical (unpaired) electrons. The Morgan fingerprint density at radius 1 is 1.21 bits per heavy atom. The first-order valence-corrected chi connectivity index (χ1v) is 9.34. The van der Waals surface area contributed by atoms with Crippen molar-refractivity contribution in [3.8, 4) is 11.5 Å². The summed E-state index contributed by atoms with van der Waals surface area (Å²) in [4.78, 5) is 16.7. The van der Waals surface area contributed by atoms with Crippen LogP contribution in [0.3, 0.4) is 0 Å². The summed E-state index contributed by atoms with van der Waals surface area (Å²) in [6.07, 6.45) is 2.78. The number of halogens is 1. The van der Waals surface area contributed by atoms with E-state index < -0.39 is 5.41 Å². The molecule has 3 aromatic rings. The summed E-state index contributed by atoms with van der Waals surface area (Å²) in [6, 6.07) is 6.72. The van der Waals surface area contributed by atoms with Gasteiger partial charge in [-0.2, -0.15) is 5.10 Å². The van der Waals surface area contributed by atoms with Crippen molar-refractivity contribution in [3.05, 3.63) is 52.6 Å². The maximum Gasteiger partial charge on any atom is 0.237 e. The van der Waals surface area contributed by atoms with Gasteiger partial charge in [-0.25, -0.2) is 9.37 Å². The molecule has 142 valence electrons. The van der Waals surface area contributed by atoms with Gasteiger partial charge < -0.3 is 5.32 Å². The molecule has 0 bridgehead atoms. The standard InChI is InChI=1S/C20H19FN6O/c1-20(2)16-18(23-19(20)28)22-17(25-24-16)15-12-7-5-9-14(12)27(26-15)10-11-6-3-4-8-13(11)21/h3-4,6,8H,5,7,9-10H2,1-2H3,(H,22,23,25,28). The van der Waals surface area contributed by atoms with Crippen molar-refractivity contribution in [2.45, 2.75) is 45.1 Å². The molecule has 0 unspecified atom stereocenters. The molecule has 0 saturated carbocycles. The first-order chi connectivity index (χ1) is 13.4. The largest absolute Gasteiger partial charge is 0.308 e. The van der Waals surface area contributed by atoms with Gasteiger partial charge in [0.2, 0.25) is 11.7 Å². The van der Waals surface area contributed by atoms with Crippen molar-refractivity contribution < 1.29 is 9.18 Å². The quantitative estimate of drug-likeness (QED) is 0.757. The van der Waals surface area contributed by atoms with Gasteiger partial charge >= 0.3 is 0 Å². The molecule has 1 N–H and O–H groups in total. The highest BCUT2D eigenvalue weighted by atomic mass is 19.1. The predicted molar refractivity (Wildman–Crippen MR) is 100 cm³/mol. The second kappa shape index (κ2) is 5.92. The Hall–Kier alpha value is -3.16. The Labute approximate surface area is 161 Å². The number of anilines is 1. The molecule has 0 fully saturated rings. The number of benzene rings is 1. The van der Waals surface area contributed by atoms with Gasteiger partial charge in [-0.1, -0.05) is 18.2 Å². The van der Waals surface area contributed by atoms with Crippen LogP contribution in [0, 0.1) is 5.82 Å². The number of aromatic nitrogens is 5. The van der Waals surface area contributed by atoms with Crippen molar-refractivity contribution in [1.82, 2.24) is 25.0 Å². The van der Waals surface area contributed by atoms with E-state index in [-0.39, 0.29) is 11.7 Å². The van der Waals surface area contributed by atoms with E-state index in [1.54, 1.807) is 26.0 Å². The Morgan fingerprint density at radius 3 is 2.86 bits per heavy atom. The van der Waals surface area contributed by atoms with Crippen molar-refractivity contribution in [3.63, 3.8) is 0 Å². The van der Waals surface area contributed by atoms with Crippen LogP contribution in [0.1, 0.15) is 42.8 Å². The lowest BCUT2D eigenvalue weighted by Crippen LogP contribution is -2.27. The summed E-state index contributed by atoms with van der Waals surface area (Å²) in [7, 11) is 0. The monoisotopic (exact) mass is 378 g/mol. The van der Waals surface area contributed by atoms with E-state index in [0.717, 1.165) is 30.5 Å². The Morgan fingerprint density at radius 2 is 2.04 bits per heavy atom. The number of nitrogens with zero attached hydrogens (tertiary/aromatic N) is 5. The van der Waals surface area contributed by atoms with Gasteiger partial charge in [-0.05, 0) is 39.2 Å². The molecular formula is C20H19FN6O. The fraction of sp³-hybridized carbons (Fsp3) is 0.350. The zero-order valence-corrected chi connectivity index (χ0v) is 15.7. The van der Waals surface area contributed by atoms with Gasteiger partial charge in [0, 0.05) is 16.8 Å². The number of rotatable bonds is 3. The van der Waals surface area contributed by atoms with Crippen LogP contribution >= 0.6 is 0 Å². The fourth-order valence-corrected chi connectivity index (χ4v) is 3.91. The summed E-state index contributed by atoms with van der Waals surface area (Å²) in [5.41, 5.74) is 3.23. The highest BCUT2D eigenvalue weighted by Gasteiger charge is 2.42. The zero-order chi connectivity index (χ0) is 19.5. The van der Waals surface area contributed by atoms with E-state index in [9.17, 15) is 9.18 Å². The fourth-order valence-electron chi connectivity index (χ4n) is 3.91. The predicted octanol–water partition coefficient (Wildman–Crippen LogP) is 2.64. The summed E-state index contributed by atoms with van der Waals surface area (Å²) in [5, 5.41) is 16.0. The van der Waals surface area contributed by atoms with Crippen LogP contribution in [-0.4, -0.2) is 30.9 Å². The minimum Gasteiger partial charge on any atom is -0.308 e. The molecule has 28 heavy (non-hydrogen) atoms.